The van der Waals surface area contributed by atoms with E-state index in [4.69, 9.17) is 16.3 Å². The van der Waals surface area contributed by atoms with E-state index in [0.717, 1.165) is 11.1 Å². The first-order valence-electron chi connectivity index (χ1n) is 5.15. The molecule has 0 fully saturated rings. The molecule has 2 nitrogen and oxygen atoms in total. The largest absolute Gasteiger partial charge is 0.489 e. The molecule has 0 amide bonds. The summed E-state index contributed by atoms with van der Waals surface area (Å²) in [6, 6.07) is 8.04. The smallest absolute Gasteiger partial charge is 0.135 e. The maximum Gasteiger partial charge on any atom is 0.135 e. The van der Waals surface area contributed by atoms with Crippen LogP contribution in [0.5, 0.6) is 5.75 Å². The normalized spacial score (nSPS) is 10.3. The van der Waals surface area contributed by atoms with Crippen molar-refractivity contribution in [2.45, 2.75) is 13.5 Å². The number of pyridine rings is 1. The third-order valence-electron chi connectivity index (χ3n) is 2.36. The second-order valence-corrected chi connectivity index (χ2v) is 4.01. The van der Waals surface area contributed by atoms with E-state index in [2.05, 4.69) is 4.98 Å². The first-order chi connectivity index (χ1) is 8.16. The Labute approximate surface area is 104 Å². The highest BCUT2D eigenvalue weighted by molar-refractivity contribution is 6.30. The van der Waals surface area contributed by atoms with E-state index in [1.807, 2.05) is 6.07 Å². The molecule has 0 atom stereocenters. The van der Waals surface area contributed by atoms with Crippen LogP contribution in [0.25, 0.3) is 0 Å². The van der Waals surface area contributed by atoms with E-state index in [9.17, 15) is 4.39 Å². The third kappa shape index (κ3) is 2.94. The Bertz CT molecular complexity index is 531. The minimum atomic E-state index is -0.269. The standard InChI is InChI=1S/C13H11ClFNO/c1-9-7-11(15)4-5-12(9)17-8-10-3-2-6-16-13(10)14/h2-7H,8H2,1H3. The van der Waals surface area contributed by atoms with Crippen molar-refractivity contribution in [1.29, 1.82) is 0 Å². The Balaban J connectivity index is 2.10. The van der Waals surface area contributed by atoms with Gasteiger partial charge in [0.25, 0.3) is 0 Å². The van der Waals surface area contributed by atoms with Crippen LogP contribution in [0.15, 0.2) is 36.5 Å². The van der Waals surface area contributed by atoms with Gasteiger partial charge in [0, 0.05) is 11.8 Å². The van der Waals surface area contributed by atoms with Crippen molar-refractivity contribution in [1.82, 2.24) is 4.98 Å². The van der Waals surface area contributed by atoms with Crippen LogP contribution in [0.1, 0.15) is 11.1 Å². The number of halogens is 2. The molecule has 1 aromatic heterocycles. The number of aryl methyl sites for hydroxylation is 1. The van der Waals surface area contributed by atoms with Gasteiger partial charge in [-0.25, -0.2) is 9.37 Å². The summed E-state index contributed by atoms with van der Waals surface area (Å²) in [4.78, 5) is 3.95. The highest BCUT2D eigenvalue weighted by atomic mass is 35.5. The maximum absolute atomic E-state index is 12.9. The van der Waals surface area contributed by atoms with Gasteiger partial charge in [-0.15, -0.1) is 0 Å². The Hall–Kier alpha value is -1.61. The fourth-order valence-electron chi connectivity index (χ4n) is 1.46. The number of aromatic nitrogens is 1. The number of ether oxygens (including phenoxy) is 1. The summed E-state index contributed by atoms with van der Waals surface area (Å²) in [5.41, 5.74) is 1.56. The first kappa shape index (κ1) is 11.9. The summed E-state index contributed by atoms with van der Waals surface area (Å²) in [6.45, 7) is 2.11. The van der Waals surface area contributed by atoms with Gasteiger partial charge in [-0.3, -0.25) is 0 Å². The topological polar surface area (TPSA) is 22.1 Å². The molecule has 2 rings (SSSR count). The molecule has 2 aromatic rings. The van der Waals surface area contributed by atoms with Gasteiger partial charge in [-0.2, -0.15) is 0 Å². The summed E-state index contributed by atoms with van der Waals surface area (Å²) in [5, 5.41) is 0.423. The zero-order chi connectivity index (χ0) is 12.3. The molecule has 1 aromatic carbocycles. The number of benzene rings is 1. The van der Waals surface area contributed by atoms with E-state index in [1.54, 1.807) is 25.3 Å². The second-order valence-electron chi connectivity index (χ2n) is 3.65. The maximum atomic E-state index is 12.9. The van der Waals surface area contributed by atoms with Crippen LogP contribution in [0.4, 0.5) is 4.39 Å². The second kappa shape index (κ2) is 5.15. The van der Waals surface area contributed by atoms with Gasteiger partial charge in [0.05, 0.1) is 0 Å². The fraction of sp³-hybridized carbons (Fsp3) is 0.154. The monoisotopic (exact) mass is 251 g/mol. The van der Waals surface area contributed by atoms with Crippen LogP contribution < -0.4 is 4.74 Å². The number of rotatable bonds is 3. The van der Waals surface area contributed by atoms with Crippen LogP contribution >= 0.6 is 11.6 Å². The predicted octanol–water partition coefficient (Wildman–Crippen LogP) is 3.76. The Morgan fingerprint density at radius 2 is 2.18 bits per heavy atom. The Morgan fingerprint density at radius 1 is 1.35 bits per heavy atom. The Kier molecular flexibility index (Phi) is 3.59. The predicted molar refractivity (Wildman–Crippen MR) is 64.7 cm³/mol. The number of nitrogens with zero attached hydrogens (tertiary/aromatic N) is 1. The lowest BCUT2D eigenvalue weighted by Gasteiger charge is -2.09. The zero-order valence-electron chi connectivity index (χ0n) is 9.28. The highest BCUT2D eigenvalue weighted by Gasteiger charge is 2.04. The molecule has 0 saturated heterocycles. The molecular formula is C13H11ClFNO. The molecule has 17 heavy (non-hydrogen) atoms. The van der Waals surface area contributed by atoms with E-state index < -0.39 is 0 Å². The van der Waals surface area contributed by atoms with Crippen LogP contribution in [-0.4, -0.2) is 4.98 Å². The minimum Gasteiger partial charge on any atom is -0.489 e. The van der Waals surface area contributed by atoms with Crippen molar-refractivity contribution >= 4 is 11.6 Å². The molecule has 0 bridgehead atoms. The number of hydrogen-bond acceptors (Lipinski definition) is 2. The van der Waals surface area contributed by atoms with Gasteiger partial charge in [-0.1, -0.05) is 17.7 Å². The lowest BCUT2D eigenvalue weighted by molar-refractivity contribution is 0.303. The third-order valence-corrected chi connectivity index (χ3v) is 2.70. The van der Waals surface area contributed by atoms with Crippen molar-refractivity contribution < 1.29 is 9.13 Å². The summed E-state index contributed by atoms with van der Waals surface area (Å²) in [7, 11) is 0. The first-order valence-corrected chi connectivity index (χ1v) is 5.53. The summed E-state index contributed by atoms with van der Waals surface area (Å²) in [5.74, 6) is 0.376. The fourth-order valence-corrected chi connectivity index (χ4v) is 1.63. The lowest BCUT2D eigenvalue weighted by Crippen LogP contribution is -1.98. The average molecular weight is 252 g/mol. The van der Waals surface area contributed by atoms with Crippen molar-refractivity contribution in [3.8, 4) is 5.75 Å². The molecule has 0 saturated carbocycles. The van der Waals surface area contributed by atoms with E-state index in [-0.39, 0.29) is 5.82 Å². The molecule has 0 aliphatic carbocycles. The average Bonchev–Trinajstić information content (AvgIpc) is 2.30. The van der Waals surface area contributed by atoms with Crippen LogP contribution in [0.3, 0.4) is 0 Å². The highest BCUT2D eigenvalue weighted by Crippen LogP contribution is 2.21. The lowest BCUT2D eigenvalue weighted by atomic mass is 10.2. The summed E-state index contributed by atoms with van der Waals surface area (Å²) >= 11 is 5.90. The Morgan fingerprint density at radius 3 is 2.88 bits per heavy atom. The van der Waals surface area contributed by atoms with Crippen molar-refractivity contribution in [2.24, 2.45) is 0 Å². The van der Waals surface area contributed by atoms with E-state index in [1.165, 1.54) is 12.1 Å². The SMILES string of the molecule is Cc1cc(F)ccc1OCc1cccnc1Cl. The molecule has 0 N–H and O–H groups in total. The van der Waals surface area contributed by atoms with Crippen molar-refractivity contribution in [3.63, 3.8) is 0 Å². The van der Waals surface area contributed by atoms with Crippen LogP contribution in [0.2, 0.25) is 5.15 Å². The van der Waals surface area contributed by atoms with E-state index >= 15 is 0 Å². The number of hydrogen-bond donors (Lipinski definition) is 0. The molecule has 0 radical (unpaired) electrons. The molecule has 88 valence electrons. The molecular weight excluding hydrogens is 241 g/mol. The summed E-state index contributed by atoms with van der Waals surface area (Å²) in [6.07, 6.45) is 1.62. The molecule has 4 heteroatoms. The molecule has 0 spiro atoms. The van der Waals surface area contributed by atoms with Gasteiger partial charge < -0.3 is 4.74 Å². The van der Waals surface area contributed by atoms with Gasteiger partial charge in [-0.05, 0) is 36.8 Å². The molecule has 0 aliphatic heterocycles. The van der Waals surface area contributed by atoms with Crippen molar-refractivity contribution in [3.05, 3.63) is 58.6 Å². The molecule has 0 aliphatic rings. The molecule has 0 unspecified atom stereocenters. The summed E-state index contributed by atoms with van der Waals surface area (Å²) < 4.78 is 18.5. The van der Waals surface area contributed by atoms with Crippen LogP contribution in [0, 0.1) is 12.7 Å². The minimum absolute atomic E-state index is 0.269. The zero-order valence-corrected chi connectivity index (χ0v) is 10.0. The van der Waals surface area contributed by atoms with Gasteiger partial charge in [0.2, 0.25) is 0 Å². The van der Waals surface area contributed by atoms with Gasteiger partial charge in [0.15, 0.2) is 0 Å². The quantitative estimate of drug-likeness (QED) is 0.775. The van der Waals surface area contributed by atoms with E-state index in [0.29, 0.717) is 17.5 Å². The van der Waals surface area contributed by atoms with Gasteiger partial charge in [0.1, 0.15) is 23.3 Å². The van der Waals surface area contributed by atoms with Crippen LogP contribution in [-0.2, 0) is 6.61 Å². The van der Waals surface area contributed by atoms with Crippen molar-refractivity contribution in [2.75, 3.05) is 0 Å². The van der Waals surface area contributed by atoms with Gasteiger partial charge >= 0.3 is 0 Å². The molecule has 1 heterocycles.